The summed E-state index contributed by atoms with van der Waals surface area (Å²) in [6, 6.07) is 0.859. The van der Waals surface area contributed by atoms with E-state index in [4.69, 9.17) is 11.5 Å². The number of rotatable bonds is 3. The highest BCUT2D eigenvalue weighted by atomic mass is 14.7. The van der Waals surface area contributed by atoms with Crippen LogP contribution in [0.4, 0.5) is 0 Å². The van der Waals surface area contributed by atoms with E-state index >= 15 is 0 Å². The Bertz CT molecular complexity index is 250. The van der Waals surface area contributed by atoms with Crippen molar-refractivity contribution in [3.63, 3.8) is 0 Å². The lowest BCUT2D eigenvalue weighted by molar-refractivity contribution is 0.142. The van der Waals surface area contributed by atoms with Crippen molar-refractivity contribution in [3.05, 3.63) is 0 Å². The Labute approximate surface area is 126 Å². The van der Waals surface area contributed by atoms with Gasteiger partial charge in [-0.15, -0.1) is 0 Å². The van der Waals surface area contributed by atoms with Crippen LogP contribution in [0.2, 0.25) is 0 Å². The molecule has 2 fully saturated rings. The second-order valence-electron chi connectivity index (χ2n) is 8.32. The third-order valence-corrected chi connectivity index (χ3v) is 6.43. The van der Waals surface area contributed by atoms with Crippen LogP contribution in [0, 0.1) is 35.5 Å². The van der Waals surface area contributed by atoms with Crippen LogP contribution in [0.15, 0.2) is 0 Å². The minimum absolute atomic E-state index is 0.430. The third kappa shape index (κ3) is 3.76. The summed E-state index contributed by atoms with van der Waals surface area (Å²) in [7, 11) is 0. The standard InChI is InChI=1S/C18H36N2/c1-11-7-15(8-12(2)17(11)19)5-6-16-9-13(3)18(20)14(4)10-16/h11-18H,5-10,19-20H2,1-4H3. The van der Waals surface area contributed by atoms with Crippen LogP contribution >= 0.6 is 0 Å². The summed E-state index contributed by atoms with van der Waals surface area (Å²) < 4.78 is 0. The normalized spacial score (nSPS) is 50.1. The second kappa shape index (κ2) is 6.79. The summed E-state index contributed by atoms with van der Waals surface area (Å²) in [6.45, 7) is 9.38. The quantitative estimate of drug-likeness (QED) is 0.826. The van der Waals surface area contributed by atoms with Crippen LogP contribution < -0.4 is 11.5 Å². The van der Waals surface area contributed by atoms with E-state index in [9.17, 15) is 0 Å². The summed E-state index contributed by atoms with van der Waals surface area (Å²) in [6.07, 6.45) is 8.24. The fourth-order valence-electron chi connectivity index (χ4n) is 4.99. The molecule has 0 saturated heterocycles. The zero-order valence-electron chi connectivity index (χ0n) is 14.0. The van der Waals surface area contributed by atoms with Gasteiger partial charge in [-0.25, -0.2) is 0 Å². The summed E-state index contributed by atoms with van der Waals surface area (Å²) in [5, 5.41) is 0. The van der Waals surface area contributed by atoms with Gasteiger partial charge in [0.05, 0.1) is 0 Å². The van der Waals surface area contributed by atoms with Gasteiger partial charge >= 0.3 is 0 Å². The van der Waals surface area contributed by atoms with E-state index in [-0.39, 0.29) is 0 Å². The molecule has 0 aliphatic heterocycles. The molecule has 0 heterocycles. The first-order chi connectivity index (χ1) is 9.38. The first-order valence-corrected chi connectivity index (χ1v) is 8.89. The van der Waals surface area contributed by atoms with Crippen molar-refractivity contribution in [1.29, 1.82) is 0 Å². The molecule has 2 rings (SSSR count). The van der Waals surface area contributed by atoms with Crippen LogP contribution in [0.3, 0.4) is 0 Å². The van der Waals surface area contributed by atoms with Gasteiger partial charge in [0.1, 0.15) is 0 Å². The minimum Gasteiger partial charge on any atom is -0.327 e. The monoisotopic (exact) mass is 280 g/mol. The predicted molar refractivity (Wildman–Crippen MR) is 87.3 cm³/mol. The molecule has 0 aromatic carbocycles. The highest BCUT2D eigenvalue weighted by Crippen LogP contribution is 2.39. The van der Waals surface area contributed by atoms with Gasteiger partial charge in [0.25, 0.3) is 0 Å². The van der Waals surface area contributed by atoms with Gasteiger partial charge in [-0.2, -0.15) is 0 Å². The molecule has 0 aromatic rings. The Morgan fingerprint density at radius 2 is 0.850 bits per heavy atom. The lowest BCUT2D eigenvalue weighted by Gasteiger charge is -2.40. The molecule has 0 bridgehead atoms. The zero-order chi connectivity index (χ0) is 14.9. The van der Waals surface area contributed by atoms with Gasteiger partial charge in [-0.1, -0.05) is 40.5 Å². The molecule has 2 saturated carbocycles. The summed E-state index contributed by atoms with van der Waals surface area (Å²) in [4.78, 5) is 0. The average Bonchev–Trinajstić information content (AvgIpc) is 2.39. The Morgan fingerprint density at radius 1 is 0.600 bits per heavy atom. The topological polar surface area (TPSA) is 52.0 Å². The van der Waals surface area contributed by atoms with Crippen LogP contribution in [0.25, 0.3) is 0 Å². The summed E-state index contributed by atoms with van der Waals surface area (Å²) >= 11 is 0. The zero-order valence-corrected chi connectivity index (χ0v) is 14.0. The fraction of sp³-hybridized carbons (Fsp3) is 1.00. The number of hydrogen-bond donors (Lipinski definition) is 2. The van der Waals surface area contributed by atoms with Crippen molar-refractivity contribution in [2.45, 2.75) is 78.3 Å². The van der Waals surface area contributed by atoms with Crippen molar-refractivity contribution in [3.8, 4) is 0 Å². The first kappa shape index (κ1) is 16.3. The lowest BCUT2D eigenvalue weighted by atomic mass is 9.68. The van der Waals surface area contributed by atoms with Gasteiger partial charge in [0.15, 0.2) is 0 Å². The van der Waals surface area contributed by atoms with Gasteiger partial charge in [-0.3, -0.25) is 0 Å². The van der Waals surface area contributed by atoms with Crippen molar-refractivity contribution in [1.82, 2.24) is 0 Å². The Hall–Kier alpha value is -0.0800. The van der Waals surface area contributed by atoms with E-state index in [2.05, 4.69) is 27.7 Å². The van der Waals surface area contributed by atoms with Crippen LogP contribution in [-0.4, -0.2) is 12.1 Å². The molecule has 2 nitrogen and oxygen atoms in total. The minimum atomic E-state index is 0.430. The molecule has 0 radical (unpaired) electrons. The molecule has 2 heteroatoms. The summed E-state index contributed by atoms with van der Waals surface area (Å²) in [5.74, 6) is 4.67. The molecule has 2 aliphatic carbocycles. The van der Waals surface area contributed by atoms with Crippen LogP contribution in [-0.2, 0) is 0 Å². The maximum absolute atomic E-state index is 6.26. The first-order valence-electron chi connectivity index (χ1n) is 8.89. The molecular weight excluding hydrogens is 244 g/mol. The van der Waals surface area contributed by atoms with Crippen LogP contribution in [0.1, 0.15) is 66.2 Å². The van der Waals surface area contributed by atoms with Crippen LogP contribution in [0.5, 0.6) is 0 Å². The fourth-order valence-corrected chi connectivity index (χ4v) is 4.99. The molecule has 4 atom stereocenters. The van der Waals surface area contributed by atoms with Gasteiger partial charge in [0, 0.05) is 12.1 Å². The number of hydrogen-bond acceptors (Lipinski definition) is 2. The van der Waals surface area contributed by atoms with Gasteiger partial charge in [-0.05, 0) is 61.2 Å². The molecule has 0 spiro atoms. The summed E-state index contributed by atoms with van der Waals surface area (Å²) in [5.41, 5.74) is 12.5. The molecule has 20 heavy (non-hydrogen) atoms. The molecule has 118 valence electrons. The van der Waals surface area contributed by atoms with E-state index in [0.29, 0.717) is 35.8 Å². The maximum Gasteiger partial charge on any atom is 0.00905 e. The SMILES string of the molecule is CC1CC(CCC2CC(C)C(N)C(C)C2)CC(C)C1N. The predicted octanol–water partition coefficient (Wildman–Crippen LogP) is 3.79. The van der Waals surface area contributed by atoms with Crippen molar-refractivity contribution in [2.24, 2.45) is 47.0 Å². The van der Waals surface area contributed by atoms with E-state index in [1.165, 1.54) is 38.5 Å². The van der Waals surface area contributed by atoms with E-state index in [1.807, 2.05) is 0 Å². The van der Waals surface area contributed by atoms with Crippen molar-refractivity contribution < 1.29 is 0 Å². The van der Waals surface area contributed by atoms with E-state index < -0.39 is 0 Å². The smallest absolute Gasteiger partial charge is 0.00905 e. The Balaban J connectivity index is 1.78. The van der Waals surface area contributed by atoms with Crippen molar-refractivity contribution in [2.75, 3.05) is 0 Å². The molecule has 0 aromatic heterocycles. The van der Waals surface area contributed by atoms with Gasteiger partial charge in [0.2, 0.25) is 0 Å². The Kier molecular flexibility index (Phi) is 5.53. The number of nitrogens with two attached hydrogens (primary N) is 2. The molecule has 4 unspecified atom stereocenters. The second-order valence-corrected chi connectivity index (χ2v) is 8.32. The molecule has 0 amide bonds. The molecule has 2 aliphatic rings. The highest BCUT2D eigenvalue weighted by Gasteiger charge is 2.33. The Morgan fingerprint density at radius 3 is 1.10 bits per heavy atom. The lowest BCUT2D eigenvalue weighted by Crippen LogP contribution is -2.42. The molecular formula is C18H36N2. The third-order valence-electron chi connectivity index (χ3n) is 6.43. The van der Waals surface area contributed by atoms with Gasteiger partial charge < -0.3 is 11.5 Å². The van der Waals surface area contributed by atoms with E-state index in [1.54, 1.807) is 0 Å². The largest absolute Gasteiger partial charge is 0.327 e. The highest BCUT2D eigenvalue weighted by molar-refractivity contribution is 4.87. The van der Waals surface area contributed by atoms with E-state index in [0.717, 1.165) is 11.8 Å². The maximum atomic E-state index is 6.26. The van der Waals surface area contributed by atoms with Crippen molar-refractivity contribution >= 4 is 0 Å². The molecule has 4 N–H and O–H groups in total. The average molecular weight is 280 g/mol.